The molecule has 9 nitrogen and oxygen atoms in total. The van der Waals surface area contributed by atoms with E-state index in [0.717, 1.165) is 25.1 Å². The third-order valence-corrected chi connectivity index (χ3v) is 8.64. The van der Waals surface area contributed by atoms with Crippen molar-refractivity contribution in [3.8, 4) is 5.75 Å². The van der Waals surface area contributed by atoms with Gasteiger partial charge in [-0.25, -0.2) is 4.98 Å². The van der Waals surface area contributed by atoms with Gasteiger partial charge in [0.05, 0.1) is 24.4 Å². The summed E-state index contributed by atoms with van der Waals surface area (Å²) in [7, 11) is 3.38. The van der Waals surface area contributed by atoms with Gasteiger partial charge in [-0.1, -0.05) is 43.2 Å². The van der Waals surface area contributed by atoms with Crippen molar-refractivity contribution in [1.29, 1.82) is 0 Å². The van der Waals surface area contributed by atoms with Gasteiger partial charge in [-0.3, -0.25) is 9.59 Å². The van der Waals surface area contributed by atoms with Crippen LogP contribution < -0.4 is 25.2 Å². The molecule has 2 amide bonds. The maximum atomic E-state index is 13.3. The number of carbonyl (C=O) groups is 2. The molecule has 2 atom stereocenters. The summed E-state index contributed by atoms with van der Waals surface area (Å²) < 4.78 is 5.65. The Kier molecular flexibility index (Phi) is 7.05. The van der Waals surface area contributed by atoms with Crippen LogP contribution in [-0.2, 0) is 4.79 Å². The Morgan fingerprint density at radius 1 is 1.10 bits per heavy atom. The summed E-state index contributed by atoms with van der Waals surface area (Å²) in [5.74, 6) is 1.99. The van der Waals surface area contributed by atoms with Gasteiger partial charge in [-0.05, 0) is 56.9 Å². The number of fused-ring (bicyclic) bond motifs is 1. The second kappa shape index (κ2) is 10.7. The second-order valence-corrected chi connectivity index (χ2v) is 12.1. The quantitative estimate of drug-likeness (QED) is 0.411. The first kappa shape index (κ1) is 27.1. The minimum Gasteiger partial charge on any atom is -0.495 e. The zero-order valence-electron chi connectivity index (χ0n) is 24.2. The molecule has 0 spiro atoms. The van der Waals surface area contributed by atoms with E-state index in [2.05, 4.69) is 32.7 Å². The Balaban J connectivity index is 1.22. The van der Waals surface area contributed by atoms with E-state index in [0.29, 0.717) is 47.1 Å². The summed E-state index contributed by atoms with van der Waals surface area (Å²) in [6.07, 6.45) is 7.20. The third-order valence-electron chi connectivity index (χ3n) is 8.64. The van der Waals surface area contributed by atoms with E-state index < -0.39 is 5.41 Å². The molecular formula is C32H38N6O3. The van der Waals surface area contributed by atoms with Gasteiger partial charge in [-0.2, -0.15) is 4.98 Å². The monoisotopic (exact) mass is 554 g/mol. The largest absolute Gasteiger partial charge is 0.495 e. The molecule has 2 fully saturated rings. The van der Waals surface area contributed by atoms with Crippen LogP contribution in [0.1, 0.15) is 67.8 Å². The van der Waals surface area contributed by atoms with Crippen LogP contribution in [0.3, 0.4) is 0 Å². The topological polar surface area (TPSA) is 99.7 Å². The van der Waals surface area contributed by atoms with Crippen LogP contribution in [0.15, 0.2) is 54.7 Å². The fourth-order valence-electron chi connectivity index (χ4n) is 6.26. The van der Waals surface area contributed by atoms with Crippen molar-refractivity contribution in [2.24, 2.45) is 5.41 Å². The molecule has 6 rings (SSSR count). The van der Waals surface area contributed by atoms with Crippen molar-refractivity contribution in [3.05, 3.63) is 65.9 Å². The summed E-state index contributed by atoms with van der Waals surface area (Å²) in [4.78, 5) is 39.8. The lowest BCUT2D eigenvalue weighted by Crippen LogP contribution is -2.45. The molecule has 1 aliphatic heterocycles. The minimum atomic E-state index is -0.549. The summed E-state index contributed by atoms with van der Waals surface area (Å²) in [6.45, 7) is 4.60. The van der Waals surface area contributed by atoms with Crippen molar-refractivity contribution in [3.63, 3.8) is 0 Å². The van der Waals surface area contributed by atoms with E-state index in [1.807, 2.05) is 38.1 Å². The van der Waals surface area contributed by atoms with Crippen LogP contribution in [0.25, 0.3) is 0 Å². The third kappa shape index (κ3) is 5.33. The number of aromatic nitrogens is 2. The molecule has 1 aromatic heterocycles. The summed E-state index contributed by atoms with van der Waals surface area (Å²) >= 11 is 0. The van der Waals surface area contributed by atoms with Gasteiger partial charge < -0.3 is 25.2 Å². The smallest absolute Gasteiger partial charge is 0.251 e. The van der Waals surface area contributed by atoms with Gasteiger partial charge in [0.2, 0.25) is 11.9 Å². The normalized spacial score (nSPS) is 21.7. The van der Waals surface area contributed by atoms with Gasteiger partial charge in [0, 0.05) is 37.2 Å². The number of anilines is 4. The number of carbonyl (C=O) groups excluding carboxylic acids is 2. The molecule has 9 heteroatoms. The van der Waals surface area contributed by atoms with Gasteiger partial charge in [0.25, 0.3) is 5.91 Å². The van der Waals surface area contributed by atoms with E-state index >= 15 is 0 Å². The first-order valence-electron chi connectivity index (χ1n) is 14.5. The summed E-state index contributed by atoms with van der Waals surface area (Å²) in [5.41, 5.74) is 2.60. The van der Waals surface area contributed by atoms with Crippen molar-refractivity contribution >= 4 is 35.0 Å². The molecule has 2 saturated carbocycles. The molecule has 3 aliphatic rings. The van der Waals surface area contributed by atoms with Crippen molar-refractivity contribution in [1.82, 2.24) is 15.3 Å². The average Bonchev–Trinajstić information content (AvgIpc) is 3.54. The van der Waals surface area contributed by atoms with E-state index in [1.165, 1.54) is 18.4 Å². The highest BCUT2D eigenvalue weighted by atomic mass is 16.5. The predicted octanol–water partition coefficient (Wildman–Crippen LogP) is 5.27. The molecule has 2 aromatic carbocycles. The fraction of sp³-hybridized carbons (Fsp3) is 0.438. The number of ether oxygens (including phenoxy) is 1. The van der Waals surface area contributed by atoms with E-state index in [-0.39, 0.29) is 17.9 Å². The lowest BCUT2D eigenvalue weighted by atomic mass is 9.91. The molecule has 2 unspecified atom stereocenters. The second-order valence-electron chi connectivity index (χ2n) is 12.1. The lowest BCUT2D eigenvalue weighted by molar-refractivity contribution is -0.125. The molecule has 214 valence electrons. The SMILES string of the molecule is COc1cc(C(=O)NC2CC2c2ccccc2)ccc1Nc1ncc2c(n1)N(C1CCCC1)CC(C)(C)C(=O)N2C. The number of amides is 2. The Bertz CT molecular complexity index is 1450. The zero-order chi connectivity index (χ0) is 28.7. The van der Waals surface area contributed by atoms with E-state index in [4.69, 9.17) is 9.72 Å². The Hall–Kier alpha value is -4.14. The van der Waals surface area contributed by atoms with Crippen LogP contribution >= 0.6 is 0 Å². The van der Waals surface area contributed by atoms with Crippen molar-refractivity contribution < 1.29 is 14.3 Å². The molecule has 2 N–H and O–H groups in total. The number of hydrogen-bond acceptors (Lipinski definition) is 7. The number of hydrogen-bond donors (Lipinski definition) is 2. The predicted molar refractivity (Wildman–Crippen MR) is 160 cm³/mol. The highest BCUT2D eigenvalue weighted by molar-refractivity contribution is 6.01. The molecule has 0 radical (unpaired) electrons. The van der Waals surface area contributed by atoms with Gasteiger partial charge in [-0.15, -0.1) is 0 Å². The Morgan fingerprint density at radius 3 is 2.59 bits per heavy atom. The highest BCUT2D eigenvalue weighted by Gasteiger charge is 2.42. The summed E-state index contributed by atoms with van der Waals surface area (Å²) in [5, 5.41) is 6.44. The van der Waals surface area contributed by atoms with Gasteiger partial charge >= 0.3 is 0 Å². The molecule has 3 aromatic rings. The highest BCUT2D eigenvalue weighted by Crippen LogP contribution is 2.42. The van der Waals surface area contributed by atoms with Crippen molar-refractivity contribution in [2.45, 2.75) is 64.0 Å². The standard InChI is InChI=1S/C32H38N6O3/c1-32(2)19-38(22-12-8-9-13-22)28-26(37(3)30(32)40)18-33-31(36-28)35-24-15-14-21(16-27(24)41-4)29(39)34-25-17-23(25)20-10-6-5-7-11-20/h5-7,10-11,14-16,18,22-23,25H,8-9,12-13,17,19H2,1-4H3,(H,34,39)(H,33,35,36). The number of nitrogens with one attached hydrogen (secondary N) is 2. The minimum absolute atomic E-state index is 0.0559. The van der Waals surface area contributed by atoms with Crippen LogP contribution in [0, 0.1) is 5.41 Å². The molecule has 2 aliphatic carbocycles. The van der Waals surface area contributed by atoms with Crippen LogP contribution in [0.2, 0.25) is 0 Å². The zero-order valence-corrected chi connectivity index (χ0v) is 24.2. The van der Waals surface area contributed by atoms with Gasteiger partial charge in [0.1, 0.15) is 11.4 Å². The average molecular weight is 555 g/mol. The molecular weight excluding hydrogens is 516 g/mol. The van der Waals surface area contributed by atoms with Crippen LogP contribution in [0.5, 0.6) is 5.75 Å². The summed E-state index contributed by atoms with van der Waals surface area (Å²) in [6, 6.07) is 16.1. The fourth-order valence-corrected chi connectivity index (χ4v) is 6.26. The maximum Gasteiger partial charge on any atom is 0.251 e. The number of methoxy groups -OCH3 is 1. The van der Waals surface area contributed by atoms with Gasteiger partial charge in [0.15, 0.2) is 5.82 Å². The Morgan fingerprint density at radius 2 is 1.85 bits per heavy atom. The van der Waals surface area contributed by atoms with Crippen LogP contribution in [0.4, 0.5) is 23.1 Å². The van der Waals surface area contributed by atoms with E-state index in [1.54, 1.807) is 37.4 Å². The molecule has 41 heavy (non-hydrogen) atoms. The van der Waals surface area contributed by atoms with Crippen LogP contribution in [-0.4, -0.2) is 54.6 Å². The molecule has 0 saturated heterocycles. The maximum absolute atomic E-state index is 13.3. The number of nitrogens with zero attached hydrogens (tertiary/aromatic N) is 4. The van der Waals surface area contributed by atoms with E-state index in [9.17, 15) is 9.59 Å². The first-order chi connectivity index (χ1) is 19.7. The number of rotatable bonds is 7. The van der Waals surface area contributed by atoms with Crippen molar-refractivity contribution in [2.75, 3.05) is 35.8 Å². The molecule has 0 bridgehead atoms. The number of benzene rings is 2. The molecule has 2 heterocycles. The lowest BCUT2D eigenvalue weighted by Gasteiger charge is -2.34. The Labute approximate surface area is 241 Å². The first-order valence-corrected chi connectivity index (χ1v) is 14.5.